The lowest BCUT2D eigenvalue weighted by molar-refractivity contribution is -0.136. The minimum atomic E-state index is 0.0252. The minimum absolute atomic E-state index is 0.0252. The first-order valence-electron chi connectivity index (χ1n) is 4.40. The van der Waals surface area contributed by atoms with Crippen LogP contribution >= 0.6 is 0 Å². The minimum Gasteiger partial charge on any atom is -0.310 e. The molecule has 2 fully saturated rings. The fraction of sp³-hybridized carbons (Fsp3) is 0.875. The van der Waals surface area contributed by atoms with Crippen LogP contribution in [0.5, 0.6) is 0 Å². The molecule has 2 heterocycles. The third-order valence-corrected chi connectivity index (χ3v) is 2.84. The third-order valence-electron chi connectivity index (χ3n) is 2.84. The largest absolute Gasteiger partial charge is 0.310 e. The van der Waals surface area contributed by atoms with Gasteiger partial charge in [-0.05, 0) is 19.3 Å². The van der Waals surface area contributed by atoms with Gasteiger partial charge >= 0.3 is 0 Å². The van der Waals surface area contributed by atoms with E-state index in [1.54, 1.807) is 0 Å². The van der Waals surface area contributed by atoms with Crippen LogP contribution in [0.1, 0.15) is 19.3 Å². The van der Waals surface area contributed by atoms with Crippen LogP contribution in [-0.2, 0) is 9.63 Å². The van der Waals surface area contributed by atoms with Gasteiger partial charge in [-0.15, -0.1) is 0 Å². The molecule has 2 rings (SSSR count). The molecule has 2 N–H and O–H groups in total. The lowest BCUT2D eigenvalue weighted by Crippen LogP contribution is -2.36. The monoisotopic (exact) mass is 170 g/mol. The number of hydrogen-bond acceptors (Lipinski definition) is 3. The van der Waals surface area contributed by atoms with Crippen molar-refractivity contribution >= 4 is 5.91 Å². The molecule has 0 aromatic heterocycles. The standard InChI is InChI=1S/C8H14N2O2/c1-12-10-8(11)6-4-5-2-3-7(6)9-5/h5-7,9H,2-4H2,1H3,(H,10,11). The van der Waals surface area contributed by atoms with E-state index in [0.717, 1.165) is 12.8 Å². The van der Waals surface area contributed by atoms with E-state index in [1.165, 1.54) is 13.5 Å². The SMILES string of the molecule is CONC(=O)C1CC2CCC1N2. The fourth-order valence-corrected chi connectivity index (χ4v) is 2.29. The summed E-state index contributed by atoms with van der Waals surface area (Å²) >= 11 is 0. The average Bonchev–Trinajstić information content (AvgIpc) is 2.64. The van der Waals surface area contributed by atoms with E-state index >= 15 is 0 Å². The summed E-state index contributed by atoms with van der Waals surface area (Å²) in [4.78, 5) is 16.0. The number of carbonyl (C=O) groups is 1. The summed E-state index contributed by atoms with van der Waals surface area (Å²) < 4.78 is 0. The number of nitrogens with one attached hydrogen (secondary N) is 2. The third kappa shape index (κ3) is 1.21. The van der Waals surface area contributed by atoms with Crippen molar-refractivity contribution in [3.05, 3.63) is 0 Å². The van der Waals surface area contributed by atoms with Crippen molar-refractivity contribution < 1.29 is 9.63 Å². The van der Waals surface area contributed by atoms with Gasteiger partial charge in [0.1, 0.15) is 0 Å². The summed E-state index contributed by atoms with van der Waals surface area (Å²) in [5.74, 6) is 0.154. The molecule has 0 spiro atoms. The zero-order valence-electron chi connectivity index (χ0n) is 7.17. The Labute approximate surface area is 71.6 Å². The van der Waals surface area contributed by atoms with E-state index in [9.17, 15) is 4.79 Å². The Kier molecular flexibility index (Phi) is 2.02. The van der Waals surface area contributed by atoms with Gasteiger partial charge in [-0.2, -0.15) is 0 Å². The maximum absolute atomic E-state index is 11.4. The predicted octanol–water partition coefficient (Wildman–Crippen LogP) is -0.195. The predicted molar refractivity (Wildman–Crippen MR) is 43.2 cm³/mol. The van der Waals surface area contributed by atoms with Gasteiger partial charge in [0.05, 0.1) is 13.0 Å². The molecule has 1 amide bonds. The molecule has 68 valence electrons. The first-order chi connectivity index (χ1) is 5.81. The summed E-state index contributed by atoms with van der Waals surface area (Å²) in [6.07, 6.45) is 3.33. The molecule has 2 aliphatic heterocycles. The Morgan fingerprint density at radius 2 is 2.42 bits per heavy atom. The van der Waals surface area contributed by atoms with Gasteiger partial charge in [0.15, 0.2) is 0 Å². The van der Waals surface area contributed by atoms with Crippen LogP contribution in [0.3, 0.4) is 0 Å². The smallest absolute Gasteiger partial charge is 0.248 e. The quantitative estimate of drug-likeness (QED) is 0.564. The van der Waals surface area contributed by atoms with Crippen LogP contribution in [0.15, 0.2) is 0 Å². The highest BCUT2D eigenvalue weighted by Gasteiger charge is 2.42. The zero-order valence-corrected chi connectivity index (χ0v) is 7.17. The van der Waals surface area contributed by atoms with Crippen molar-refractivity contribution in [2.24, 2.45) is 5.92 Å². The molecule has 3 atom stereocenters. The molecule has 3 unspecified atom stereocenters. The number of hydrogen-bond donors (Lipinski definition) is 2. The van der Waals surface area contributed by atoms with Crippen molar-refractivity contribution in [1.29, 1.82) is 0 Å². The Morgan fingerprint density at radius 1 is 1.58 bits per heavy atom. The second kappa shape index (κ2) is 3.03. The lowest BCUT2D eigenvalue weighted by Gasteiger charge is -2.18. The topological polar surface area (TPSA) is 50.4 Å². The summed E-state index contributed by atoms with van der Waals surface area (Å²) in [7, 11) is 1.47. The van der Waals surface area contributed by atoms with E-state index < -0.39 is 0 Å². The van der Waals surface area contributed by atoms with Crippen LogP contribution in [-0.4, -0.2) is 25.1 Å². The Morgan fingerprint density at radius 3 is 2.92 bits per heavy atom. The molecule has 0 saturated carbocycles. The molecule has 0 aromatic rings. The van der Waals surface area contributed by atoms with Crippen molar-refractivity contribution in [3.8, 4) is 0 Å². The Hall–Kier alpha value is -0.610. The molecule has 0 aliphatic carbocycles. The summed E-state index contributed by atoms with van der Waals surface area (Å²) in [6.45, 7) is 0. The first-order valence-corrected chi connectivity index (χ1v) is 4.40. The van der Waals surface area contributed by atoms with Crippen molar-refractivity contribution in [1.82, 2.24) is 10.8 Å². The van der Waals surface area contributed by atoms with E-state index in [4.69, 9.17) is 0 Å². The summed E-state index contributed by atoms with van der Waals surface area (Å²) in [5, 5.41) is 3.40. The van der Waals surface area contributed by atoms with Gasteiger partial charge in [-0.25, -0.2) is 5.48 Å². The van der Waals surface area contributed by atoms with Crippen molar-refractivity contribution in [3.63, 3.8) is 0 Å². The first kappa shape index (κ1) is 8.01. The Bertz CT molecular complexity index is 195. The normalized spacial score (nSPS) is 38.6. The second-order valence-electron chi connectivity index (χ2n) is 3.56. The molecular weight excluding hydrogens is 156 g/mol. The molecular formula is C8H14N2O2. The van der Waals surface area contributed by atoms with Crippen molar-refractivity contribution in [2.75, 3.05) is 7.11 Å². The number of fused-ring (bicyclic) bond motifs is 2. The number of amides is 1. The average molecular weight is 170 g/mol. The van der Waals surface area contributed by atoms with Gasteiger partial charge in [-0.3, -0.25) is 9.63 Å². The molecule has 0 radical (unpaired) electrons. The second-order valence-corrected chi connectivity index (χ2v) is 3.56. The van der Waals surface area contributed by atoms with Crippen LogP contribution in [0.25, 0.3) is 0 Å². The van der Waals surface area contributed by atoms with Crippen molar-refractivity contribution in [2.45, 2.75) is 31.3 Å². The zero-order chi connectivity index (χ0) is 8.55. The summed E-state index contributed by atoms with van der Waals surface area (Å²) in [6, 6.07) is 0.966. The van der Waals surface area contributed by atoms with Gasteiger partial charge in [0.2, 0.25) is 5.91 Å². The molecule has 12 heavy (non-hydrogen) atoms. The van der Waals surface area contributed by atoms with E-state index in [0.29, 0.717) is 12.1 Å². The number of carbonyl (C=O) groups excluding carboxylic acids is 1. The molecule has 4 heteroatoms. The van der Waals surface area contributed by atoms with Gasteiger partial charge in [0, 0.05) is 12.1 Å². The van der Waals surface area contributed by atoms with Gasteiger partial charge < -0.3 is 5.32 Å². The van der Waals surface area contributed by atoms with Crippen LogP contribution in [0, 0.1) is 5.92 Å². The highest BCUT2D eigenvalue weighted by Crippen LogP contribution is 2.33. The van der Waals surface area contributed by atoms with Crippen LogP contribution in [0.2, 0.25) is 0 Å². The maximum atomic E-state index is 11.4. The lowest BCUT2D eigenvalue weighted by atomic mass is 9.89. The molecule has 4 nitrogen and oxygen atoms in total. The Balaban J connectivity index is 1.93. The highest BCUT2D eigenvalue weighted by atomic mass is 16.6. The maximum Gasteiger partial charge on any atom is 0.248 e. The molecule has 2 saturated heterocycles. The molecule has 2 aliphatic rings. The van der Waals surface area contributed by atoms with E-state index in [-0.39, 0.29) is 11.8 Å². The van der Waals surface area contributed by atoms with Gasteiger partial charge in [0.25, 0.3) is 0 Å². The van der Waals surface area contributed by atoms with Crippen LogP contribution < -0.4 is 10.8 Å². The highest BCUT2D eigenvalue weighted by molar-refractivity contribution is 5.79. The van der Waals surface area contributed by atoms with E-state index in [1.807, 2.05) is 0 Å². The fourth-order valence-electron chi connectivity index (χ4n) is 2.29. The molecule has 2 bridgehead atoms. The van der Waals surface area contributed by atoms with E-state index in [2.05, 4.69) is 15.6 Å². The summed E-state index contributed by atoms with van der Waals surface area (Å²) in [5.41, 5.74) is 2.39. The van der Waals surface area contributed by atoms with Gasteiger partial charge in [-0.1, -0.05) is 0 Å². The van der Waals surface area contributed by atoms with Crippen LogP contribution in [0.4, 0.5) is 0 Å². The number of hydroxylamine groups is 1. The number of rotatable bonds is 2. The molecule has 0 aromatic carbocycles.